The third-order valence-corrected chi connectivity index (χ3v) is 3.46. The molecule has 0 saturated carbocycles. The van der Waals surface area contributed by atoms with Gasteiger partial charge >= 0.3 is 5.97 Å². The summed E-state index contributed by atoms with van der Waals surface area (Å²) in [7, 11) is 0. The SMILES string of the molecule is C[C@@H](Oc1ccc(F)cc1)C(=O)OCC(=O)NCc1ccc(Cl)cc1. The fourth-order valence-corrected chi connectivity index (χ4v) is 2.00. The van der Waals surface area contributed by atoms with E-state index in [0.29, 0.717) is 17.3 Å². The van der Waals surface area contributed by atoms with Crippen molar-refractivity contribution >= 4 is 23.5 Å². The van der Waals surface area contributed by atoms with Crippen molar-refractivity contribution in [1.29, 1.82) is 0 Å². The van der Waals surface area contributed by atoms with E-state index in [0.717, 1.165) is 5.56 Å². The number of nitrogens with one attached hydrogen (secondary N) is 1. The monoisotopic (exact) mass is 365 g/mol. The second kappa shape index (κ2) is 9.03. The molecule has 0 aromatic heterocycles. The fourth-order valence-electron chi connectivity index (χ4n) is 1.87. The first-order chi connectivity index (χ1) is 11.9. The van der Waals surface area contributed by atoms with Crippen LogP contribution in [-0.4, -0.2) is 24.6 Å². The van der Waals surface area contributed by atoms with Crippen LogP contribution in [0, 0.1) is 5.82 Å². The first kappa shape index (κ1) is 18.7. The average Bonchev–Trinajstić information content (AvgIpc) is 2.61. The Morgan fingerprint density at radius 3 is 2.40 bits per heavy atom. The van der Waals surface area contributed by atoms with Crippen molar-refractivity contribution in [3.8, 4) is 5.75 Å². The molecule has 0 heterocycles. The van der Waals surface area contributed by atoms with Gasteiger partial charge in [0.15, 0.2) is 12.7 Å². The van der Waals surface area contributed by atoms with Gasteiger partial charge in [-0.25, -0.2) is 9.18 Å². The number of halogens is 2. The number of carbonyl (C=O) groups is 2. The largest absolute Gasteiger partial charge is 0.479 e. The Morgan fingerprint density at radius 2 is 1.76 bits per heavy atom. The lowest BCUT2D eigenvalue weighted by atomic mass is 10.2. The van der Waals surface area contributed by atoms with Gasteiger partial charge in [0, 0.05) is 11.6 Å². The summed E-state index contributed by atoms with van der Waals surface area (Å²) in [5.41, 5.74) is 0.872. The molecule has 0 aliphatic rings. The summed E-state index contributed by atoms with van der Waals surface area (Å²) in [6, 6.07) is 12.3. The highest BCUT2D eigenvalue weighted by molar-refractivity contribution is 6.30. The van der Waals surface area contributed by atoms with Gasteiger partial charge in [-0.05, 0) is 48.9 Å². The number of ether oxygens (including phenoxy) is 2. The van der Waals surface area contributed by atoms with Crippen LogP contribution in [0.5, 0.6) is 5.75 Å². The van der Waals surface area contributed by atoms with E-state index in [2.05, 4.69) is 5.32 Å². The molecule has 2 aromatic rings. The van der Waals surface area contributed by atoms with Crippen molar-refractivity contribution in [1.82, 2.24) is 5.32 Å². The first-order valence-corrected chi connectivity index (χ1v) is 7.92. The fraction of sp³-hybridized carbons (Fsp3) is 0.222. The molecule has 0 saturated heterocycles. The molecule has 0 aliphatic heterocycles. The minimum Gasteiger partial charge on any atom is -0.479 e. The molecular formula is C18H17ClFNO4. The second-order valence-electron chi connectivity index (χ2n) is 5.22. The van der Waals surface area contributed by atoms with Crippen molar-refractivity contribution in [2.24, 2.45) is 0 Å². The van der Waals surface area contributed by atoms with Crippen LogP contribution in [-0.2, 0) is 20.9 Å². The standard InChI is InChI=1S/C18H17ClFNO4/c1-12(25-16-8-6-15(20)7-9-16)18(23)24-11-17(22)21-10-13-2-4-14(19)5-3-13/h2-9,12H,10-11H2,1H3,(H,21,22)/t12-/m1/s1. The van der Waals surface area contributed by atoms with Crippen molar-refractivity contribution in [2.45, 2.75) is 19.6 Å². The molecule has 0 fully saturated rings. The predicted molar refractivity (Wildman–Crippen MR) is 90.7 cm³/mol. The summed E-state index contributed by atoms with van der Waals surface area (Å²) in [5.74, 6) is -1.19. The van der Waals surface area contributed by atoms with E-state index in [4.69, 9.17) is 21.1 Å². The van der Waals surface area contributed by atoms with E-state index < -0.39 is 30.4 Å². The number of benzene rings is 2. The van der Waals surface area contributed by atoms with E-state index in [1.54, 1.807) is 24.3 Å². The number of amides is 1. The number of esters is 1. The third-order valence-electron chi connectivity index (χ3n) is 3.21. The highest BCUT2D eigenvalue weighted by atomic mass is 35.5. The van der Waals surface area contributed by atoms with E-state index in [1.807, 2.05) is 0 Å². The minimum atomic E-state index is -0.922. The van der Waals surface area contributed by atoms with Crippen LogP contribution in [0.3, 0.4) is 0 Å². The molecule has 0 spiro atoms. The van der Waals surface area contributed by atoms with Crippen LogP contribution in [0.15, 0.2) is 48.5 Å². The Balaban J connectivity index is 1.71. The zero-order valence-electron chi connectivity index (χ0n) is 13.5. The molecule has 7 heteroatoms. The highest BCUT2D eigenvalue weighted by Crippen LogP contribution is 2.13. The molecule has 0 aliphatic carbocycles. The van der Waals surface area contributed by atoms with Gasteiger partial charge < -0.3 is 14.8 Å². The van der Waals surface area contributed by atoms with Crippen molar-refractivity contribution in [3.63, 3.8) is 0 Å². The molecule has 5 nitrogen and oxygen atoms in total. The van der Waals surface area contributed by atoms with Crippen molar-refractivity contribution in [3.05, 3.63) is 64.9 Å². The maximum Gasteiger partial charge on any atom is 0.347 e. The molecule has 1 N–H and O–H groups in total. The van der Waals surface area contributed by atoms with Gasteiger partial charge in [0.2, 0.25) is 0 Å². The van der Waals surface area contributed by atoms with Gasteiger partial charge in [0.1, 0.15) is 11.6 Å². The van der Waals surface area contributed by atoms with Crippen LogP contribution >= 0.6 is 11.6 Å². The van der Waals surface area contributed by atoms with Gasteiger partial charge in [0.05, 0.1) is 0 Å². The number of carbonyl (C=O) groups excluding carboxylic acids is 2. The summed E-state index contributed by atoms with van der Waals surface area (Å²) in [5, 5.41) is 3.24. The summed E-state index contributed by atoms with van der Waals surface area (Å²) >= 11 is 5.78. The maximum atomic E-state index is 12.8. The van der Waals surface area contributed by atoms with Crippen LogP contribution in [0.25, 0.3) is 0 Å². The van der Waals surface area contributed by atoms with Gasteiger partial charge in [0.25, 0.3) is 5.91 Å². The molecule has 0 unspecified atom stereocenters. The summed E-state index contributed by atoms with van der Waals surface area (Å²) in [4.78, 5) is 23.5. The zero-order chi connectivity index (χ0) is 18.2. The van der Waals surface area contributed by atoms with E-state index in [9.17, 15) is 14.0 Å². The molecule has 0 radical (unpaired) electrons. The Bertz CT molecular complexity index is 719. The normalized spacial score (nSPS) is 11.5. The predicted octanol–water partition coefficient (Wildman–Crippen LogP) is 3.11. The Kier molecular flexibility index (Phi) is 6.77. The van der Waals surface area contributed by atoms with E-state index in [-0.39, 0.29) is 0 Å². The number of hydrogen-bond acceptors (Lipinski definition) is 4. The first-order valence-electron chi connectivity index (χ1n) is 7.54. The van der Waals surface area contributed by atoms with Gasteiger partial charge in [-0.3, -0.25) is 4.79 Å². The molecule has 1 atom stereocenters. The van der Waals surface area contributed by atoms with E-state index >= 15 is 0 Å². The van der Waals surface area contributed by atoms with E-state index in [1.165, 1.54) is 31.2 Å². The average molecular weight is 366 g/mol. The molecule has 2 aromatic carbocycles. The van der Waals surface area contributed by atoms with Crippen molar-refractivity contribution in [2.75, 3.05) is 6.61 Å². The molecule has 25 heavy (non-hydrogen) atoms. The Morgan fingerprint density at radius 1 is 1.12 bits per heavy atom. The van der Waals surface area contributed by atoms with Crippen LogP contribution < -0.4 is 10.1 Å². The molecule has 132 valence electrons. The molecular weight excluding hydrogens is 349 g/mol. The van der Waals surface area contributed by atoms with Crippen LogP contribution in [0.1, 0.15) is 12.5 Å². The molecule has 2 rings (SSSR count). The number of rotatable bonds is 7. The summed E-state index contributed by atoms with van der Waals surface area (Å²) in [6.07, 6.45) is -0.922. The minimum absolute atomic E-state index is 0.301. The zero-order valence-corrected chi connectivity index (χ0v) is 14.3. The third kappa shape index (κ3) is 6.43. The maximum absolute atomic E-state index is 12.8. The second-order valence-corrected chi connectivity index (χ2v) is 5.66. The van der Waals surface area contributed by atoms with Crippen molar-refractivity contribution < 1.29 is 23.5 Å². The summed E-state index contributed by atoms with van der Waals surface area (Å²) < 4.78 is 23.0. The highest BCUT2D eigenvalue weighted by Gasteiger charge is 2.17. The lowest BCUT2D eigenvalue weighted by Gasteiger charge is -2.14. The smallest absolute Gasteiger partial charge is 0.347 e. The molecule has 1 amide bonds. The number of hydrogen-bond donors (Lipinski definition) is 1. The topological polar surface area (TPSA) is 64.6 Å². The lowest BCUT2D eigenvalue weighted by molar-refractivity contribution is -0.154. The lowest BCUT2D eigenvalue weighted by Crippen LogP contribution is -2.32. The quantitative estimate of drug-likeness (QED) is 0.766. The van der Waals surface area contributed by atoms with Crippen LogP contribution in [0.4, 0.5) is 4.39 Å². The summed E-state index contributed by atoms with van der Waals surface area (Å²) in [6.45, 7) is 1.37. The van der Waals surface area contributed by atoms with Crippen LogP contribution in [0.2, 0.25) is 5.02 Å². The Labute approximate surface area is 149 Å². The van der Waals surface area contributed by atoms with Gasteiger partial charge in [-0.15, -0.1) is 0 Å². The van der Waals surface area contributed by atoms with Gasteiger partial charge in [-0.1, -0.05) is 23.7 Å². The Hall–Kier alpha value is -2.60. The molecule has 0 bridgehead atoms. The van der Waals surface area contributed by atoms with Gasteiger partial charge in [-0.2, -0.15) is 0 Å².